The van der Waals surface area contributed by atoms with Crippen molar-refractivity contribution in [2.45, 2.75) is 6.42 Å². The Morgan fingerprint density at radius 3 is 2.90 bits per heavy atom. The summed E-state index contributed by atoms with van der Waals surface area (Å²) in [6.45, 7) is 0. The standard InChI is InChI=1S/C13H3F2NO4S/c14-5-1-3-8-10(7(5)15)20-11-6-2-4(9(3)17)12(16(8)11)21(6)13(18)19/h1H,2H2/p+1. The van der Waals surface area contributed by atoms with E-state index in [1.807, 2.05) is 0 Å². The molecule has 21 heavy (non-hydrogen) atoms. The van der Waals surface area contributed by atoms with Crippen LogP contribution in [0, 0.1) is 11.6 Å². The molecule has 4 heterocycles. The second kappa shape index (κ2) is 3.06. The van der Waals surface area contributed by atoms with Gasteiger partial charge < -0.3 is 9.52 Å². The maximum atomic E-state index is 13.9. The summed E-state index contributed by atoms with van der Waals surface area (Å²) in [5.41, 5.74) is -0.101. The van der Waals surface area contributed by atoms with Crippen molar-refractivity contribution in [2.24, 2.45) is 0 Å². The van der Waals surface area contributed by atoms with Gasteiger partial charge in [-0.15, -0.1) is 0 Å². The molecule has 3 aromatic heterocycles. The maximum Gasteiger partial charge on any atom is 0.554 e. The Bertz CT molecular complexity index is 1180. The van der Waals surface area contributed by atoms with Crippen molar-refractivity contribution in [3.8, 4) is 0 Å². The topological polar surface area (TPSA) is 71.9 Å². The molecule has 0 amide bonds. The molecule has 1 atom stereocenters. The van der Waals surface area contributed by atoms with E-state index in [1.165, 1.54) is 4.40 Å². The number of carbonyl (C=O) groups is 1. The largest absolute Gasteiger partial charge is 0.554 e. The predicted molar refractivity (Wildman–Crippen MR) is 70.8 cm³/mol. The zero-order chi connectivity index (χ0) is 14.6. The number of benzene rings is 1. The highest BCUT2D eigenvalue weighted by Crippen LogP contribution is 2.48. The zero-order valence-corrected chi connectivity index (χ0v) is 10.9. The number of hydrogen-bond donors (Lipinski definition) is 1. The summed E-state index contributed by atoms with van der Waals surface area (Å²) >= 11 is 0. The average molecular weight is 308 g/mol. The molecule has 5 nitrogen and oxygen atoms in total. The zero-order valence-electron chi connectivity index (χ0n) is 10.1. The van der Waals surface area contributed by atoms with Crippen LogP contribution in [0.25, 0.3) is 27.0 Å². The van der Waals surface area contributed by atoms with Gasteiger partial charge in [0.05, 0.1) is 17.4 Å². The molecule has 104 valence electrons. The molecule has 2 bridgehead atoms. The van der Waals surface area contributed by atoms with Crippen molar-refractivity contribution in [1.29, 1.82) is 0 Å². The van der Waals surface area contributed by atoms with Crippen LogP contribution in [0.4, 0.5) is 13.6 Å². The Morgan fingerprint density at radius 1 is 1.43 bits per heavy atom. The third-order valence-electron chi connectivity index (χ3n) is 3.95. The number of pyridine rings is 1. The lowest BCUT2D eigenvalue weighted by molar-refractivity contribution is 0.221. The highest BCUT2D eigenvalue weighted by Gasteiger charge is 2.45. The fourth-order valence-corrected chi connectivity index (χ4v) is 5.14. The van der Waals surface area contributed by atoms with E-state index in [0.29, 0.717) is 15.3 Å². The molecule has 0 fully saturated rings. The van der Waals surface area contributed by atoms with Crippen LogP contribution < -0.4 is 5.43 Å². The first kappa shape index (κ1) is 11.2. The first-order chi connectivity index (χ1) is 10.0. The summed E-state index contributed by atoms with van der Waals surface area (Å²) in [5.74, 6) is -2.31. The number of rotatable bonds is 1. The third-order valence-corrected chi connectivity index (χ3v) is 5.92. The van der Waals surface area contributed by atoms with Crippen LogP contribution in [0.15, 0.2) is 15.3 Å². The average Bonchev–Trinajstić information content (AvgIpc) is 3.07. The maximum absolute atomic E-state index is 13.9. The summed E-state index contributed by atoms with van der Waals surface area (Å²) in [5, 5.41) is 8.30. The molecule has 1 aromatic carbocycles. The molecule has 8 heteroatoms. The van der Waals surface area contributed by atoms with Crippen molar-refractivity contribution >= 4 is 42.8 Å². The van der Waals surface area contributed by atoms with Crippen molar-refractivity contribution < 1.29 is 23.1 Å². The number of aromatic nitrogens is 1. The summed E-state index contributed by atoms with van der Waals surface area (Å²) in [4.78, 5) is 24.6. The SMILES string of the molecule is O=C(O)[s+]1c2c3oc4c(F)c(F)cc5c(=O)c(c1n3c45)C2. The first-order valence-corrected chi connectivity index (χ1v) is 7.21. The molecule has 1 aliphatic heterocycles. The molecule has 0 aliphatic carbocycles. The number of thiazole rings is 1. The van der Waals surface area contributed by atoms with Gasteiger partial charge in [0.25, 0.3) is 10.5 Å². The summed E-state index contributed by atoms with van der Waals surface area (Å²) < 4.78 is 34.3. The van der Waals surface area contributed by atoms with Gasteiger partial charge in [-0.25, -0.2) is 8.79 Å². The van der Waals surface area contributed by atoms with Gasteiger partial charge in [-0.05, 0) is 6.07 Å². The van der Waals surface area contributed by atoms with Gasteiger partial charge >= 0.3 is 5.30 Å². The summed E-state index contributed by atoms with van der Waals surface area (Å²) in [6.07, 6.45) is 0.163. The molecule has 4 aromatic rings. The van der Waals surface area contributed by atoms with E-state index in [0.717, 1.165) is 6.07 Å². The van der Waals surface area contributed by atoms with Gasteiger partial charge in [-0.3, -0.25) is 4.79 Å². The van der Waals surface area contributed by atoms with Crippen LogP contribution in [0.2, 0.25) is 0 Å². The van der Waals surface area contributed by atoms with E-state index in [9.17, 15) is 23.5 Å². The molecule has 1 N–H and O–H groups in total. The molecule has 1 aliphatic rings. The van der Waals surface area contributed by atoms with E-state index in [-0.39, 0.29) is 28.6 Å². The second-order valence-corrected chi connectivity index (χ2v) is 6.77. The van der Waals surface area contributed by atoms with Crippen LogP contribution in [0.3, 0.4) is 0 Å². The molecule has 1 unspecified atom stereocenters. The van der Waals surface area contributed by atoms with E-state index in [1.54, 1.807) is 0 Å². The summed E-state index contributed by atoms with van der Waals surface area (Å²) in [6, 6.07) is 0.849. The van der Waals surface area contributed by atoms with Crippen LogP contribution in [0.5, 0.6) is 0 Å². The lowest BCUT2D eigenvalue weighted by atomic mass is 10.1. The Labute approximate surface area is 115 Å². The van der Waals surface area contributed by atoms with Gasteiger partial charge in [-0.1, -0.05) is 0 Å². The number of halogens is 2. The first-order valence-electron chi connectivity index (χ1n) is 5.99. The minimum atomic E-state index is -1.25. The van der Waals surface area contributed by atoms with Gasteiger partial charge in [-0.2, -0.15) is 9.18 Å². The Balaban J connectivity index is 2.24. The fraction of sp³-hybridized carbons (Fsp3) is 0.0769. The third kappa shape index (κ3) is 0.983. The highest BCUT2D eigenvalue weighted by atomic mass is 32.2. The van der Waals surface area contributed by atoms with Crippen molar-refractivity contribution in [2.75, 3.05) is 0 Å². The number of nitrogens with zero attached hydrogens (tertiary/aromatic N) is 1. The minimum Gasteiger partial charge on any atom is -0.437 e. The second-order valence-electron chi connectivity index (χ2n) is 4.93. The highest BCUT2D eigenvalue weighted by molar-refractivity contribution is 7.55. The van der Waals surface area contributed by atoms with Crippen LogP contribution in [0.1, 0.15) is 10.4 Å². The van der Waals surface area contributed by atoms with E-state index in [4.69, 9.17) is 4.42 Å². The van der Waals surface area contributed by atoms with Crippen LogP contribution in [-0.4, -0.2) is 14.8 Å². The van der Waals surface area contributed by atoms with Crippen molar-refractivity contribution in [3.05, 3.63) is 38.4 Å². The monoisotopic (exact) mass is 308 g/mol. The van der Waals surface area contributed by atoms with Crippen molar-refractivity contribution in [3.63, 3.8) is 0 Å². The molecule has 0 spiro atoms. The van der Waals surface area contributed by atoms with Gasteiger partial charge in [0.2, 0.25) is 10.7 Å². The number of oxazole rings is 1. The summed E-state index contributed by atoms with van der Waals surface area (Å²) in [7, 11) is -1.25. The Hall–Kier alpha value is -2.48. The van der Waals surface area contributed by atoms with Gasteiger partial charge in [0, 0.05) is 0 Å². The number of carboxylic acid groups (broad SMARTS) is 1. The quantitative estimate of drug-likeness (QED) is 0.483. The van der Waals surface area contributed by atoms with E-state index >= 15 is 0 Å². The normalized spacial score (nSPS) is 14.5. The lowest BCUT2D eigenvalue weighted by Gasteiger charge is -2.01. The van der Waals surface area contributed by atoms with Crippen molar-refractivity contribution in [1.82, 2.24) is 4.40 Å². The van der Waals surface area contributed by atoms with Crippen LogP contribution >= 0.6 is 10.5 Å². The fourth-order valence-electron chi connectivity index (χ4n) is 3.17. The number of hydrogen-bond acceptors (Lipinski definition) is 3. The molecular weight excluding hydrogens is 304 g/mol. The molecule has 0 saturated heterocycles. The molecule has 5 rings (SSSR count). The van der Waals surface area contributed by atoms with Gasteiger partial charge in [0.1, 0.15) is 16.0 Å². The van der Waals surface area contributed by atoms with E-state index in [2.05, 4.69) is 0 Å². The van der Waals surface area contributed by atoms with Gasteiger partial charge in [0.15, 0.2) is 16.8 Å². The molecule has 0 radical (unpaired) electrons. The Kier molecular flexibility index (Phi) is 1.63. The molecule has 0 saturated carbocycles. The van der Waals surface area contributed by atoms with E-state index < -0.39 is 32.8 Å². The lowest BCUT2D eigenvalue weighted by Crippen LogP contribution is -2.13. The number of fused-ring (bicyclic) bond motifs is 2. The van der Waals surface area contributed by atoms with Crippen LogP contribution in [-0.2, 0) is 6.42 Å². The Morgan fingerprint density at radius 2 is 2.19 bits per heavy atom. The molecular formula is C13H4F2NO4S+. The predicted octanol–water partition coefficient (Wildman–Crippen LogP) is 3.09. The minimum absolute atomic E-state index is 0.0209. The smallest absolute Gasteiger partial charge is 0.437 e.